The maximum Gasteiger partial charge on any atom is 0.416 e. The van der Waals surface area contributed by atoms with Crippen molar-refractivity contribution >= 4 is 0 Å². The average molecular weight is 315 g/mol. The van der Waals surface area contributed by atoms with E-state index in [1.54, 1.807) is 6.07 Å². The third-order valence-corrected chi connectivity index (χ3v) is 4.50. The lowest BCUT2D eigenvalue weighted by Gasteiger charge is -2.45. The van der Waals surface area contributed by atoms with Gasteiger partial charge in [0.05, 0.1) is 24.4 Å². The Hall–Kier alpha value is -1.11. The second-order valence-electron chi connectivity index (χ2n) is 6.43. The highest BCUT2D eigenvalue weighted by atomic mass is 19.4. The van der Waals surface area contributed by atoms with Crippen molar-refractivity contribution in [1.29, 1.82) is 0 Å². The summed E-state index contributed by atoms with van der Waals surface area (Å²) in [6.45, 7) is 1.17. The van der Waals surface area contributed by atoms with Crippen LogP contribution >= 0.6 is 0 Å². The second-order valence-corrected chi connectivity index (χ2v) is 6.43. The van der Waals surface area contributed by atoms with E-state index in [-0.39, 0.29) is 12.1 Å². The molecule has 6 heteroatoms. The predicted octanol–water partition coefficient (Wildman–Crippen LogP) is 2.52. The fourth-order valence-corrected chi connectivity index (χ4v) is 3.50. The van der Waals surface area contributed by atoms with Crippen molar-refractivity contribution < 1.29 is 23.0 Å². The Labute approximate surface area is 127 Å². The number of aryl methyl sites for hydroxylation is 1. The zero-order valence-electron chi connectivity index (χ0n) is 12.2. The number of rotatable bonds is 3. The van der Waals surface area contributed by atoms with Crippen LogP contribution in [0.3, 0.4) is 0 Å². The zero-order chi connectivity index (χ0) is 15.8. The SMILES string of the molecule is OC1(CCc2cccc(C(F)(F)F)c2)CC2COCC(C1)N2. The number of piperidine rings is 1. The molecule has 0 aliphatic carbocycles. The number of ether oxygens (including phenoxy) is 1. The first kappa shape index (κ1) is 15.8. The van der Waals surface area contributed by atoms with Crippen LogP contribution in [0.1, 0.15) is 30.4 Å². The molecule has 122 valence electrons. The van der Waals surface area contributed by atoms with Gasteiger partial charge in [0, 0.05) is 12.1 Å². The smallest absolute Gasteiger partial charge is 0.390 e. The molecule has 2 aliphatic rings. The van der Waals surface area contributed by atoms with Crippen molar-refractivity contribution in [3.05, 3.63) is 35.4 Å². The van der Waals surface area contributed by atoms with Crippen LogP contribution < -0.4 is 5.32 Å². The maximum absolute atomic E-state index is 12.7. The van der Waals surface area contributed by atoms with Gasteiger partial charge in [-0.3, -0.25) is 0 Å². The van der Waals surface area contributed by atoms with Gasteiger partial charge in [-0.2, -0.15) is 13.2 Å². The summed E-state index contributed by atoms with van der Waals surface area (Å²) in [5.41, 5.74) is -0.839. The van der Waals surface area contributed by atoms with Crippen LogP contribution in [0.25, 0.3) is 0 Å². The summed E-state index contributed by atoms with van der Waals surface area (Å²) in [4.78, 5) is 0. The molecular formula is C16H20F3NO2. The molecule has 2 aliphatic heterocycles. The number of alkyl halides is 3. The summed E-state index contributed by atoms with van der Waals surface area (Å²) in [5.74, 6) is 0. The first-order chi connectivity index (χ1) is 10.3. The molecule has 1 aromatic rings. The molecule has 2 unspecified atom stereocenters. The second kappa shape index (κ2) is 5.83. The van der Waals surface area contributed by atoms with Crippen LogP contribution in [0.5, 0.6) is 0 Å². The Morgan fingerprint density at radius 1 is 1.23 bits per heavy atom. The standard InChI is InChI=1S/C16H20F3NO2/c17-16(18,19)12-3-1-2-11(6-12)4-5-15(21)7-13-9-22-10-14(8-15)20-13/h1-3,6,13-14,20-21H,4-5,7-10H2. The van der Waals surface area contributed by atoms with Crippen LogP contribution in [0.2, 0.25) is 0 Å². The third kappa shape index (κ3) is 3.62. The van der Waals surface area contributed by atoms with Crippen molar-refractivity contribution in [2.75, 3.05) is 13.2 Å². The van der Waals surface area contributed by atoms with E-state index < -0.39 is 17.3 Å². The lowest BCUT2D eigenvalue weighted by Crippen LogP contribution is -2.59. The first-order valence-electron chi connectivity index (χ1n) is 7.56. The maximum atomic E-state index is 12.7. The molecule has 2 atom stereocenters. The quantitative estimate of drug-likeness (QED) is 0.900. The topological polar surface area (TPSA) is 41.5 Å². The number of fused-ring (bicyclic) bond motifs is 2. The monoisotopic (exact) mass is 315 g/mol. The summed E-state index contributed by atoms with van der Waals surface area (Å²) in [6.07, 6.45) is -2.23. The normalized spacial score (nSPS) is 32.0. The first-order valence-corrected chi connectivity index (χ1v) is 7.56. The highest BCUT2D eigenvalue weighted by molar-refractivity contribution is 5.26. The summed E-state index contributed by atoms with van der Waals surface area (Å²) >= 11 is 0. The van der Waals surface area contributed by atoms with Crippen molar-refractivity contribution in [2.45, 2.75) is 49.5 Å². The van der Waals surface area contributed by atoms with E-state index in [0.717, 1.165) is 6.07 Å². The lowest BCUT2D eigenvalue weighted by atomic mass is 9.79. The molecule has 22 heavy (non-hydrogen) atoms. The number of nitrogens with one attached hydrogen (secondary N) is 1. The molecule has 3 nitrogen and oxygen atoms in total. The van der Waals surface area contributed by atoms with E-state index in [1.807, 2.05) is 0 Å². The molecule has 2 N–H and O–H groups in total. The van der Waals surface area contributed by atoms with Gasteiger partial charge < -0.3 is 15.2 Å². The summed E-state index contributed by atoms with van der Waals surface area (Å²) in [7, 11) is 0. The van der Waals surface area contributed by atoms with E-state index >= 15 is 0 Å². The van der Waals surface area contributed by atoms with E-state index in [9.17, 15) is 18.3 Å². The molecule has 1 aromatic carbocycles. The minimum atomic E-state index is -4.32. The van der Waals surface area contributed by atoms with Gasteiger partial charge >= 0.3 is 6.18 Å². The Morgan fingerprint density at radius 3 is 2.55 bits per heavy atom. The molecule has 0 aromatic heterocycles. The van der Waals surface area contributed by atoms with Gasteiger partial charge in [-0.25, -0.2) is 0 Å². The molecule has 2 heterocycles. The van der Waals surface area contributed by atoms with Gasteiger partial charge in [0.1, 0.15) is 0 Å². The predicted molar refractivity (Wildman–Crippen MR) is 75.5 cm³/mol. The van der Waals surface area contributed by atoms with Crippen LogP contribution in [0, 0.1) is 0 Å². The van der Waals surface area contributed by atoms with Crippen LogP contribution in [0.15, 0.2) is 24.3 Å². The van der Waals surface area contributed by atoms with E-state index in [1.165, 1.54) is 12.1 Å². The molecule has 0 radical (unpaired) electrons. The van der Waals surface area contributed by atoms with E-state index in [2.05, 4.69) is 5.32 Å². The lowest BCUT2D eigenvalue weighted by molar-refractivity contribution is -0.137. The van der Waals surface area contributed by atoms with Crippen LogP contribution in [0.4, 0.5) is 13.2 Å². The molecule has 0 saturated carbocycles. The fraction of sp³-hybridized carbons (Fsp3) is 0.625. The number of hydrogen-bond acceptors (Lipinski definition) is 3. The Balaban J connectivity index is 1.65. The number of morpholine rings is 1. The van der Waals surface area contributed by atoms with Crippen LogP contribution in [-0.2, 0) is 17.3 Å². The third-order valence-electron chi connectivity index (χ3n) is 4.50. The van der Waals surface area contributed by atoms with Gasteiger partial charge in [0.2, 0.25) is 0 Å². The summed E-state index contributed by atoms with van der Waals surface area (Å²) in [5, 5.41) is 14.2. The Morgan fingerprint density at radius 2 is 1.91 bits per heavy atom. The molecule has 2 saturated heterocycles. The Kier molecular flexibility index (Phi) is 4.18. The van der Waals surface area contributed by atoms with E-state index in [4.69, 9.17) is 4.74 Å². The molecule has 0 spiro atoms. The van der Waals surface area contributed by atoms with Crippen molar-refractivity contribution in [2.24, 2.45) is 0 Å². The van der Waals surface area contributed by atoms with Crippen LogP contribution in [-0.4, -0.2) is 36.0 Å². The highest BCUT2D eigenvalue weighted by Gasteiger charge is 2.40. The zero-order valence-corrected chi connectivity index (χ0v) is 12.2. The molecular weight excluding hydrogens is 295 g/mol. The number of benzene rings is 1. The van der Waals surface area contributed by atoms with Gasteiger partial charge in [-0.15, -0.1) is 0 Å². The molecule has 2 bridgehead atoms. The van der Waals surface area contributed by atoms with Gasteiger partial charge in [0.15, 0.2) is 0 Å². The summed E-state index contributed by atoms with van der Waals surface area (Å²) in [6, 6.07) is 5.63. The highest BCUT2D eigenvalue weighted by Crippen LogP contribution is 2.33. The minimum Gasteiger partial charge on any atom is -0.390 e. The number of hydrogen-bond donors (Lipinski definition) is 2. The summed E-state index contributed by atoms with van der Waals surface area (Å²) < 4.78 is 43.6. The van der Waals surface area contributed by atoms with Gasteiger partial charge in [0.25, 0.3) is 0 Å². The Bertz CT molecular complexity index is 520. The van der Waals surface area contributed by atoms with E-state index in [0.29, 0.717) is 44.5 Å². The average Bonchev–Trinajstić information content (AvgIpc) is 2.44. The number of halogens is 3. The molecule has 3 rings (SSSR count). The van der Waals surface area contributed by atoms with Crippen molar-refractivity contribution in [3.8, 4) is 0 Å². The fourth-order valence-electron chi connectivity index (χ4n) is 3.50. The van der Waals surface area contributed by atoms with Gasteiger partial charge in [-0.05, 0) is 37.3 Å². The minimum absolute atomic E-state index is 0.138. The number of aliphatic hydroxyl groups is 1. The largest absolute Gasteiger partial charge is 0.416 e. The van der Waals surface area contributed by atoms with Gasteiger partial charge in [-0.1, -0.05) is 18.2 Å². The molecule has 2 fully saturated rings. The van der Waals surface area contributed by atoms with Crippen molar-refractivity contribution in [1.82, 2.24) is 5.32 Å². The molecule has 0 amide bonds. The van der Waals surface area contributed by atoms with Crippen molar-refractivity contribution in [3.63, 3.8) is 0 Å².